The van der Waals surface area contributed by atoms with Crippen molar-refractivity contribution in [3.8, 4) is 0 Å². The van der Waals surface area contributed by atoms with E-state index < -0.39 is 11.6 Å². The third-order valence-corrected chi connectivity index (χ3v) is 7.67. The molecule has 0 bridgehead atoms. The van der Waals surface area contributed by atoms with Crippen LogP contribution in [-0.4, -0.2) is 72.6 Å². The number of carbonyl (C=O) groups is 3. The summed E-state index contributed by atoms with van der Waals surface area (Å²) in [5, 5.41) is 5.73. The van der Waals surface area contributed by atoms with E-state index in [-0.39, 0.29) is 23.8 Å². The highest BCUT2D eigenvalue weighted by Crippen LogP contribution is 2.43. The average molecular weight is 471 g/mol. The lowest BCUT2D eigenvalue weighted by atomic mass is 9.67. The van der Waals surface area contributed by atoms with Gasteiger partial charge in [-0.15, -0.1) is 0 Å². The van der Waals surface area contributed by atoms with Crippen molar-refractivity contribution in [2.75, 3.05) is 44.7 Å². The molecule has 8 heteroatoms. The molecule has 2 heterocycles. The minimum absolute atomic E-state index is 0.185. The first kappa shape index (κ1) is 24.7. The van der Waals surface area contributed by atoms with E-state index in [1.165, 1.54) is 5.56 Å². The van der Waals surface area contributed by atoms with Gasteiger partial charge in [0.2, 0.25) is 5.91 Å². The molecule has 1 aromatic rings. The zero-order chi connectivity index (χ0) is 24.3. The van der Waals surface area contributed by atoms with Crippen LogP contribution in [0.2, 0.25) is 0 Å². The van der Waals surface area contributed by atoms with Gasteiger partial charge in [0, 0.05) is 25.3 Å². The molecule has 34 heavy (non-hydrogen) atoms. The maximum atomic E-state index is 13.1. The van der Waals surface area contributed by atoms with E-state index in [2.05, 4.69) is 36.3 Å². The molecule has 0 atom stereocenters. The first-order valence-electron chi connectivity index (χ1n) is 12.5. The van der Waals surface area contributed by atoms with Crippen molar-refractivity contribution in [1.82, 2.24) is 15.1 Å². The van der Waals surface area contributed by atoms with Gasteiger partial charge in [-0.2, -0.15) is 0 Å². The van der Waals surface area contributed by atoms with Crippen molar-refractivity contribution in [2.24, 2.45) is 11.3 Å². The number of nitrogens with one attached hydrogen (secondary N) is 2. The number of hydrogen-bond acceptors (Lipinski definition) is 5. The van der Waals surface area contributed by atoms with Crippen molar-refractivity contribution in [1.29, 1.82) is 0 Å². The van der Waals surface area contributed by atoms with Gasteiger partial charge in [0.05, 0.1) is 13.2 Å². The number of nitrogens with zero attached hydrogens (tertiary/aromatic N) is 2. The number of anilines is 1. The molecular weight excluding hydrogens is 432 g/mol. The van der Waals surface area contributed by atoms with Gasteiger partial charge < -0.3 is 15.4 Å². The molecule has 2 aliphatic heterocycles. The Balaban J connectivity index is 1.27. The largest absolute Gasteiger partial charge is 0.379 e. The predicted molar refractivity (Wildman–Crippen MR) is 130 cm³/mol. The number of rotatable bonds is 6. The summed E-state index contributed by atoms with van der Waals surface area (Å²) in [6, 6.07) is 7.29. The highest BCUT2D eigenvalue weighted by atomic mass is 16.5. The molecule has 8 nitrogen and oxygen atoms in total. The average Bonchev–Trinajstić information content (AvgIpc) is 3.03. The Hall–Kier alpha value is -2.45. The summed E-state index contributed by atoms with van der Waals surface area (Å²) in [5.74, 6) is -0.111. The zero-order valence-electron chi connectivity index (χ0n) is 20.7. The van der Waals surface area contributed by atoms with Gasteiger partial charge in [0.25, 0.3) is 5.91 Å². The van der Waals surface area contributed by atoms with Crippen LogP contribution in [0.25, 0.3) is 0 Å². The van der Waals surface area contributed by atoms with E-state index in [0.717, 1.165) is 57.0 Å². The monoisotopic (exact) mass is 470 g/mol. The third-order valence-electron chi connectivity index (χ3n) is 7.67. The molecule has 0 aromatic heterocycles. The lowest BCUT2D eigenvalue weighted by Gasteiger charge is -2.40. The van der Waals surface area contributed by atoms with Crippen molar-refractivity contribution in [3.05, 3.63) is 29.8 Å². The molecule has 1 aliphatic carbocycles. The van der Waals surface area contributed by atoms with E-state index in [4.69, 9.17) is 4.74 Å². The second-order valence-electron chi connectivity index (χ2n) is 11.0. The van der Waals surface area contributed by atoms with E-state index >= 15 is 0 Å². The van der Waals surface area contributed by atoms with E-state index in [9.17, 15) is 14.4 Å². The van der Waals surface area contributed by atoms with Crippen LogP contribution in [0.1, 0.15) is 52.0 Å². The zero-order valence-corrected chi connectivity index (χ0v) is 20.7. The second-order valence-corrected chi connectivity index (χ2v) is 11.0. The fraction of sp³-hybridized carbons (Fsp3) is 0.654. The highest BCUT2D eigenvalue weighted by Gasteiger charge is 2.53. The van der Waals surface area contributed by atoms with E-state index in [0.29, 0.717) is 24.4 Å². The Kier molecular flexibility index (Phi) is 7.28. The summed E-state index contributed by atoms with van der Waals surface area (Å²) in [7, 11) is 0. The SMILES string of the molecule is CC(C)(C)C1CCC2(CC1)NC(=O)N(CC(=O)Nc1ccc(CCN3CCOCC3)cc1)C2=O. The molecule has 4 rings (SSSR count). The standard InChI is InChI=1S/C26H38N4O4/c1-25(2,3)20-8-11-26(12-9-20)23(32)30(24(33)28-26)18-22(31)27-21-6-4-19(5-7-21)10-13-29-14-16-34-17-15-29/h4-7,20H,8-18H2,1-3H3,(H,27,31)(H,28,33). The van der Waals surface area contributed by atoms with Crippen molar-refractivity contribution in [2.45, 2.75) is 58.4 Å². The van der Waals surface area contributed by atoms with Crippen LogP contribution >= 0.6 is 0 Å². The van der Waals surface area contributed by atoms with Crippen LogP contribution in [0.3, 0.4) is 0 Å². The van der Waals surface area contributed by atoms with Crippen LogP contribution in [0.5, 0.6) is 0 Å². The van der Waals surface area contributed by atoms with Gasteiger partial charge in [-0.3, -0.25) is 19.4 Å². The van der Waals surface area contributed by atoms with Crippen LogP contribution in [0, 0.1) is 11.3 Å². The van der Waals surface area contributed by atoms with Crippen molar-refractivity contribution in [3.63, 3.8) is 0 Å². The number of benzene rings is 1. The molecule has 2 N–H and O–H groups in total. The number of hydrogen-bond donors (Lipinski definition) is 2. The van der Waals surface area contributed by atoms with Gasteiger partial charge >= 0.3 is 6.03 Å². The molecule has 1 spiro atoms. The molecule has 1 saturated carbocycles. The lowest BCUT2D eigenvalue weighted by molar-refractivity contribution is -0.135. The number of ether oxygens (including phenoxy) is 1. The normalized spacial score (nSPS) is 26.1. The molecule has 4 amide bonds. The van der Waals surface area contributed by atoms with Gasteiger partial charge in [-0.25, -0.2) is 4.79 Å². The minimum Gasteiger partial charge on any atom is -0.379 e. The van der Waals surface area contributed by atoms with Gasteiger partial charge in [-0.1, -0.05) is 32.9 Å². The molecule has 3 fully saturated rings. The summed E-state index contributed by atoms with van der Waals surface area (Å²) in [4.78, 5) is 41.8. The summed E-state index contributed by atoms with van der Waals surface area (Å²) in [5.41, 5.74) is 1.20. The number of morpholine rings is 1. The van der Waals surface area contributed by atoms with Gasteiger partial charge in [0.1, 0.15) is 12.1 Å². The second kappa shape index (κ2) is 10.0. The molecule has 186 valence electrons. The molecule has 0 unspecified atom stereocenters. The van der Waals surface area contributed by atoms with E-state index in [1.807, 2.05) is 24.3 Å². The summed E-state index contributed by atoms with van der Waals surface area (Å²) in [6.07, 6.45) is 3.99. The van der Waals surface area contributed by atoms with Crippen molar-refractivity contribution < 1.29 is 19.1 Å². The Morgan fingerprint density at radius 3 is 2.38 bits per heavy atom. The van der Waals surface area contributed by atoms with E-state index in [1.54, 1.807) is 0 Å². The van der Waals surface area contributed by atoms with Crippen molar-refractivity contribution >= 4 is 23.5 Å². The minimum atomic E-state index is -0.846. The molecular formula is C26H38N4O4. The number of amides is 4. The summed E-state index contributed by atoms with van der Waals surface area (Å²) in [6.45, 7) is 10.9. The molecule has 3 aliphatic rings. The lowest BCUT2D eigenvalue weighted by Crippen LogP contribution is -2.50. The van der Waals surface area contributed by atoms with Gasteiger partial charge in [0.15, 0.2) is 0 Å². The number of carbonyl (C=O) groups excluding carboxylic acids is 3. The van der Waals surface area contributed by atoms with Crippen LogP contribution in [0.15, 0.2) is 24.3 Å². The maximum absolute atomic E-state index is 13.1. The first-order chi connectivity index (χ1) is 16.2. The molecule has 2 saturated heterocycles. The summed E-state index contributed by atoms with van der Waals surface area (Å²) >= 11 is 0. The Morgan fingerprint density at radius 2 is 1.76 bits per heavy atom. The number of urea groups is 1. The number of imide groups is 1. The smallest absolute Gasteiger partial charge is 0.325 e. The molecule has 1 aromatic carbocycles. The summed E-state index contributed by atoms with van der Waals surface area (Å²) < 4.78 is 5.38. The fourth-order valence-electron chi connectivity index (χ4n) is 5.35. The Bertz CT molecular complexity index is 894. The third kappa shape index (κ3) is 5.61. The van der Waals surface area contributed by atoms with Crippen LogP contribution < -0.4 is 10.6 Å². The predicted octanol–water partition coefficient (Wildman–Crippen LogP) is 3.03. The van der Waals surface area contributed by atoms with Crippen LogP contribution in [0.4, 0.5) is 10.5 Å². The topological polar surface area (TPSA) is 91.0 Å². The highest BCUT2D eigenvalue weighted by molar-refractivity contribution is 6.10. The quantitative estimate of drug-likeness (QED) is 0.624. The van der Waals surface area contributed by atoms with Gasteiger partial charge in [-0.05, 0) is 61.1 Å². The Morgan fingerprint density at radius 1 is 1.12 bits per heavy atom. The molecule has 0 radical (unpaired) electrons. The maximum Gasteiger partial charge on any atom is 0.325 e. The Labute approximate surface area is 202 Å². The fourth-order valence-corrected chi connectivity index (χ4v) is 5.35. The first-order valence-corrected chi connectivity index (χ1v) is 12.5. The van der Waals surface area contributed by atoms with Crippen LogP contribution in [-0.2, 0) is 20.7 Å².